The summed E-state index contributed by atoms with van der Waals surface area (Å²) in [4.78, 5) is 29.7. The number of carbonyl (C=O) groups excluding carboxylic acids is 2. The zero-order valence-electron chi connectivity index (χ0n) is 14.1. The van der Waals surface area contributed by atoms with Crippen LogP contribution in [-0.4, -0.2) is 29.7 Å². The molecule has 0 saturated carbocycles. The molecule has 2 aromatic rings. The van der Waals surface area contributed by atoms with Gasteiger partial charge in [0.15, 0.2) is 0 Å². The quantitative estimate of drug-likeness (QED) is 0.867. The van der Waals surface area contributed by atoms with Gasteiger partial charge in [0, 0.05) is 31.3 Å². The number of nitrogens with one attached hydrogen (secondary N) is 1. The van der Waals surface area contributed by atoms with Crippen LogP contribution in [0.4, 0.5) is 18.9 Å². The van der Waals surface area contributed by atoms with Gasteiger partial charge in [0.1, 0.15) is 5.75 Å². The van der Waals surface area contributed by atoms with Crippen LogP contribution in [-0.2, 0) is 11.3 Å². The number of hydrogen-bond donors (Lipinski definition) is 1. The number of benzene rings is 1. The summed E-state index contributed by atoms with van der Waals surface area (Å²) in [6, 6.07) is 6.41. The smallest absolute Gasteiger partial charge is 0.406 e. The number of anilines is 1. The van der Waals surface area contributed by atoms with Crippen LogP contribution < -0.4 is 15.0 Å². The minimum absolute atomic E-state index is 0.0409. The minimum Gasteiger partial charge on any atom is -0.406 e. The van der Waals surface area contributed by atoms with Crippen molar-refractivity contribution >= 4 is 17.5 Å². The van der Waals surface area contributed by atoms with Crippen LogP contribution in [0.3, 0.4) is 0 Å². The normalized spacial score (nSPS) is 14.3. The highest BCUT2D eigenvalue weighted by molar-refractivity contribution is 5.95. The predicted molar refractivity (Wildman–Crippen MR) is 90.1 cm³/mol. The Morgan fingerprint density at radius 2 is 1.96 bits per heavy atom. The molecule has 1 aliphatic rings. The van der Waals surface area contributed by atoms with Crippen molar-refractivity contribution in [1.82, 2.24) is 10.3 Å². The fraction of sp³-hybridized carbons (Fsp3) is 0.278. The van der Waals surface area contributed by atoms with Gasteiger partial charge in [-0.05, 0) is 42.3 Å². The maximum atomic E-state index is 12.1. The van der Waals surface area contributed by atoms with Crippen molar-refractivity contribution in [3.8, 4) is 5.75 Å². The Hall–Kier alpha value is -3.10. The molecule has 3 rings (SSSR count). The molecule has 27 heavy (non-hydrogen) atoms. The fourth-order valence-electron chi connectivity index (χ4n) is 2.73. The maximum absolute atomic E-state index is 12.1. The number of ether oxygens (including phenoxy) is 1. The molecule has 1 aromatic carbocycles. The Balaban J connectivity index is 1.60. The predicted octanol–water partition coefficient (Wildman–Crippen LogP) is 3.04. The first kappa shape index (κ1) is 18.7. The highest BCUT2D eigenvalue weighted by Crippen LogP contribution is 2.23. The van der Waals surface area contributed by atoms with Gasteiger partial charge in [-0.2, -0.15) is 0 Å². The largest absolute Gasteiger partial charge is 0.573 e. The molecule has 0 aliphatic carbocycles. The summed E-state index contributed by atoms with van der Waals surface area (Å²) >= 11 is 0. The van der Waals surface area contributed by atoms with Crippen molar-refractivity contribution in [2.24, 2.45) is 0 Å². The van der Waals surface area contributed by atoms with Crippen LogP contribution in [0.1, 0.15) is 28.8 Å². The summed E-state index contributed by atoms with van der Waals surface area (Å²) < 4.78 is 40.2. The van der Waals surface area contributed by atoms with E-state index in [0.717, 1.165) is 18.6 Å². The molecule has 2 amide bonds. The molecule has 0 radical (unpaired) electrons. The van der Waals surface area contributed by atoms with Crippen molar-refractivity contribution < 1.29 is 27.5 Å². The summed E-state index contributed by atoms with van der Waals surface area (Å²) in [7, 11) is 0. The Labute approximate surface area is 152 Å². The van der Waals surface area contributed by atoms with E-state index in [4.69, 9.17) is 0 Å². The van der Waals surface area contributed by atoms with Crippen LogP contribution in [0.15, 0.2) is 42.7 Å². The van der Waals surface area contributed by atoms with Crippen LogP contribution in [0.2, 0.25) is 0 Å². The van der Waals surface area contributed by atoms with E-state index in [1.165, 1.54) is 12.1 Å². The summed E-state index contributed by atoms with van der Waals surface area (Å²) in [5, 5.41) is 2.67. The van der Waals surface area contributed by atoms with Gasteiger partial charge in [0.2, 0.25) is 5.91 Å². The van der Waals surface area contributed by atoms with Gasteiger partial charge < -0.3 is 15.0 Å². The van der Waals surface area contributed by atoms with Crippen molar-refractivity contribution in [1.29, 1.82) is 0 Å². The SMILES string of the molecule is O=C(NCc1cncc(N2CCCC2=O)c1)c1ccc(OC(F)(F)F)cc1. The minimum atomic E-state index is -4.78. The van der Waals surface area contributed by atoms with E-state index in [0.29, 0.717) is 24.2 Å². The second-order valence-corrected chi connectivity index (χ2v) is 5.96. The molecule has 1 aliphatic heterocycles. The van der Waals surface area contributed by atoms with E-state index in [1.807, 2.05) is 0 Å². The second kappa shape index (κ2) is 7.65. The van der Waals surface area contributed by atoms with Gasteiger partial charge in [-0.3, -0.25) is 14.6 Å². The molecule has 0 unspecified atom stereocenters. The number of rotatable bonds is 5. The summed E-state index contributed by atoms with van der Waals surface area (Å²) in [6.07, 6.45) is -0.306. The molecule has 0 atom stereocenters. The van der Waals surface area contributed by atoms with E-state index in [2.05, 4.69) is 15.0 Å². The average molecular weight is 379 g/mol. The number of amides is 2. The lowest BCUT2D eigenvalue weighted by Gasteiger charge is -2.16. The third-order valence-electron chi connectivity index (χ3n) is 3.97. The number of carbonyl (C=O) groups is 2. The molecule has 2 heterocycles. The molecule has 9 heteroatoms. The highest BCUT2D eigenvalue weighted by atomic mass is 19.4. The molecule has 6 nitrogen and oxygen atoms in total. The number of nitrogens with zero attached hydrogens (tertiary/aromatic N) is 2. The van der Waals surface area contributed by atoms with Gasteiger partial charge >= 0.3 is 6.36 Å². The zero-order valence-corrected chi connectivity index (χ0v) is 14.1. The Morgan fingerprint density at radius 1 is 1.22 bits per heavy atom. The average Bonchev–Trinajstić information content (AvgIpc) is 3.05. The van der Waals surface area contributed by atoms with Crippen LogP contribution in [0, 0.1) is 0 Å². The highest BCUT2D eigenvalue weighted by Gasteiger charge is 2.31. The number of hydrogen-bond acceptors (Lipinski definition) is 4. The van der Waals surface area contributed by atoms with E-state index in [1.54, 1.807) is 23.4 Å². The zero-order chi connectivity index (χ0) is 19.4. The van der Waals surface area contributed by atoms with E-state index < -0.39 is 18.0 Å². The molecule has 0 bridgehead atoms. The Kier molecular flexibility index (Phi) is 5.29. The van der Waals surface area contributed by atoms with E-state index in [-0.39, 0.29) is 18.0 Å². The molecule has 0 spiro atoms. The third-order valence-corrected chi connectivity index (χ3v) is 3.97. The number of alkyl halides is 3. The molecule has 1 fully saturated rings. The van der Waals surface area contributed by atoms with Gasteiger partial charge in [0.25, 0.3) is 5.91 Å². The summed E-state index contributed by atoms with van der Waals surface area (Å²) in [6.45, 7) is 0.811. The topological polar surface area (TPSA) is 71.5 Å². The van der Waals surface area contributed by atoms with Crippen LogP contribution in [0.25, 0.3) is 0 Å². The second-order valence-electron chi connectivity index (χ2n) is 5.96. The first-order chi connectivity index (χ1) is 12.8. The third kappa shape index (κ3) is 4.96. The Morgan fingerprint density at radius 3 is 2.59 bits per heavy atom. The summed E-state index contributed by atoms with van der Waals surface area (Å²) in [5.41, 5.74) is 1.58. The van der Waals surface area contributed by atoms with Gasteiger partial charge in [0.05, 0.1) is 11.9 Å². The first-order valence-electron chi connectivity index (χ1n) is 8.20. The lowest BCUT2D eigenvalue weighted by molar-refractivity contribution is -0.274. The van der Waals surface area contributed by atoms with Crippen molar-refractivity contribution in [3.63, 3.8) is 0 Å². The van der Waals surface area contributed by atoms with E-state index >= 15 is 0 Å². The van der Waals surface area contributed by atoms with E-state index in [9.17, 15) is 22.8 Å². The monoisotopic (exact) mass is 379 g/mol. The maximum Gasteiger partial charge on any atom is 0.573 e. The lowest BCUT2D eigenvalue weighted by Crippen LogP contribution is -2.25. The standard InChI is InChI=1S/C18H16F3N3O3/c19-18(20,21)27-15-5-3-13(4-6-15)17(26)23-10-12-8-14(11-22-9-12)24-7-1-2-16(24)25/h3-6,8-9,11H,1-2,7,10H2,(H,23,26). The van der Waals surface area contributed by atoms with Crippen molar-refractivity contribution in [2.75, 3.05) is 11.4 Å². The molecular formula is C18H16F3N3O3. The van der Waals surface area contributed by atoms with Crippen LogP contribution >= 0.6 is 0 Å². The number of halogens is 3. The fourth-order valence-corrected chi connectivity index (χ4v) is 2.73. The molecule has 142 valence electrons. The molecule has 1 N–H and O–H groups in total. The number of pyridine rings is 1. The molecule has 1 aromatic heterocycles. The van der Waals surface area contributed by atoms with Gasteiger partial charge in [-0.25, -0.2) is 0 Å². The molecular weight excluding hydrogens is 363 g/mol. The molecule has 1 saturated heterocycles. The van der Waals surface area contributed by atoms with Crippen LogP contribution in [0.5, 0.6) is 5.75 Å². The first-order valence-corrected chi connectivity index (χ1v) is 8.20. The van der Waals surface area contributed by atoms with Crippen molar-refractivity contribution in [2.45, 2.75) is 25.7 Å². The Bertz CT molecular complexity index is 838. The summed E-state index contributed by atoms with van der Waals surface area (Å²) in [5.74, 6) is -0.804. The van der Waals surface area contributed by atoms with Crippen molar-refractivity contribution in [3.05, 3.63) is 53.9 Å². The van der Waals surface area contributed by atoms with Gasteiger partial charge in [-0.1, -0.05) is 0 Å². The lowest BCUT2D eigenvalue weighted by atomic mass is 10.2. The number of aromatic nitrogens is 1. The van der Waals surface area contributed by atoms with Gasteiger partial charge in [-0.15, -0.1) is 13.2 Å².